The number of piperidine rings is 2. The smallest absolute Gasteiger partial charge is 0.159 e. The SMILES string of the molecule is CC(=O)c1cccc(CC(C)(C)C)c1.CC(C)(C)CCc1ccccc1.CC(C)(C)N1CCCCC1.CC(C)(C)N1CCCCCC1.CC1CCN(C(C)(C)C)CC1.CCN(CC)C(C)(C)C. The van der Waals surface area contributed by atoms with E-state index in [1.165, 1.54) is 121 Å². The van der Waals surface area contributed by atoms with Crippen LogP contribution in [-0.2, 0) is 12.8 Å². The minimum atomic E-state index is 0.140. The minimum absolute atomic E-state index is 0.140. The van der Waals surface area contributed by atoms with Gasteiger partial charge in [-0.2, -0.15) is 0 Å². The number of ketones is 1. The van der Waals surface area contributed by atoms with Gasteiger partial charge in [0.15, 0.2) is 5.78 Å². The molecule has 2 aromatic rings. The van der Waals surface area contributed by atoms with Gasteiger partial charge in [-0.05, 0) is 234 Å². The Morgan fingerprint density at radius 3 is 1.24 bits per heavy atom. The number of Topliss-reactive ketones (excluding diaryl/α,β-unsaturated/α-hetero) is 1. The van der Waals surface area contributed by atoms with E-state index in [1.807, 2.05) is 18.2 Å². The number of carbonyl (C=O) groups excluding carboxylic acids is 1. The van der Waals surface area contributed by atoms with Crippen molar-refractivity contribution in [2.24, 2.45) is 16.7 Å². The van der Waals surface area contributed by atoms with Crippen LogP contribution in [0.5, 0.6) is 0 Å². The van der Waals surface area contributed by atoms with Gasteiger partial charge in [-0.15, -0.1) is 0 Å². The first-order valence-corrected chi connectivity index (χ1v) is 27.3. The summed E-state index contributed by atoms with van der Waals surface area (Å²) < 4.78 is 0. The second kappa shape index (κ2) is 31.3. The third kappa shape index (κ3) is 33.2. The highest BCUT2D eigenvalue weighted by molar-refractivity contribution is 5.94. The van der Waals surface area contributed by atoms with E-state index in [1.54, 1.807) is 6.92 Å². The zero-order valence-corrected chi connectivity index (χ0v) is 49.1. The molecule has 0 radical (unpaired) electrons. The number of benzene rings is 2. The molecule has 3 aliphatic rings. The average Bonchev–Trinajstić information content (AvgIpc) is 3.52. The van der Waals surface area contributed by atoms with Crippen molar-refractivity contribution >= 4 is 5.78 Å². The van der Waals surface area contributed by atoms with Gasteiger partial charge in [0.1, 0.15) is 0 Å². The highest BCUT2D eigenvalue weighted by Gasteiger charge is 2.25. The van der Waals surface area contributed by atoms with Crippen molar-refractivity contribution in [2.75, 3.05) is 52.4 Å². The Hall–Kier alpha value is -2.05. The molecular formula is C62H116N4O. The molecule has 0 unspecified atom stereocenters. The van der Waals surface area contributed by atoms with Crippen molar-refractivity contribution in [2.45, 2.75) is 252 Å². The zero-order chi connectivity index (χ0) is 51.7. The highest BCUT2D eigenvalue weighted by Crippen LogP contribution is 2.25. The highest BCUT2D eigenvalue weighted by atomic mass is 16.1. The number of rotatable bonds is 6. The van der Waals surface area contributed by atoms with E-state index >= 15 is 0 Å². The van der Waals surface area contributed by atoms with Gasteiger partial charge in [-0.3, -0.25) is 24.4 Å². The van der Waals surface area contributed by atoms with Crippen LogP contribution in [0.4, 0.5) is 0 Å². The standard InChI is InChI=1S/C13H18O.C12H18.2C10H21N.C9H19N.C8H19N/c1-10(14)12-7-5-6-11(8-12)9-13(2,3)4;1-12(2,3)10-9-11-7-5-4-6-8-11;1-9-5-7-11(8-6-9)10(2,3)4;1-10(2,3)11-8-6-4-5-7-9-11;1-9(2,3)10-7-5-4-6-8-10;1-6-9(7-2)8(3,4)5/h5-8H,9H2,1-4H3;4-8H,9-10H2,1-3H3;9H,5-8H2,1-4H3;4-9H2,1-3H3;4-8H2,1-3H3;6-7H2,1-5H3. The molecular weight excluding hydrogens is 817 g/mol. The molecule has 0 aromatic heterocycles. The predicted octanol–water partition coefficient (Wildman–Crippen LogP) is 16.7. The third-order valence-electron chi connectivity index (χ3n) is 13.4. The van der Waals surface area contributed by atoms with E-state index in [0.717, 1.165) is 31.0 Å². The summed E-state index contributed by atoms with van der Waals surface area (Å²) in [6, 6.07) is 18.6. The van der Waals surface area contributed by atoms with Gasteiger partial charge in [-0.25, -0.2) is 0 Å². The molecule has 0 atom stereocenters. The second-order valence-electron chi connectivity index (χ2n) is 26.5. The van der Waals surface area contributed by atoms with E-state index < -0.39 is 0 Å². The van der Waals surface area contributed by atoms with E-state index in [-0.39, 0.29) is 11.2 Å². The lowest BCUT2D eigenvalue weighted by atomic mass is 9.87. The lowest BCUT2D eigenvalue weighted by Gasteiger charge is -2.40. The van der Waals surface area contributed by atoms with Gasteiger partial charge in [-0.1, -0.05) is 130 Å². The second-order valence-corrected chi connectivity index (χ2v) is 26.5. The third-order valence-corrected chi connectivity index (χ3v) is 13.4. The van der Waals surface area contributed by atoms with Crippen LogP contribution in [0.2, 0.25) is 0 Å². The van der Waals surface area contributed by atoms with Crippen LogP contribution in [0.25, 0.3) is 0 Å². The largest absolute Gasteiger partial charge is 0.299 e. The Balaban J connectivity index is 0.000000784. The molecule has 3 fully saturated rings. The van der Waals surface area contributed by atoms with E-state index in [0.29, 0.717) is 27.6 Å². The molecule has 390 valence electrons. The lowest BCUT2D eigenvalue weighted by Crippen LogP contribution is -2.45. The van der Waals surface area contributed by atoms with Gasteiger partial charge in [0, 0.05) is 27.7 Å². The quantitative estimate of drug-likeness (QED) is 0.269. The Kier molecular flexibility index (Phi) is 30.4. The van der Waals surface area contributed by atoms with Crippen LogP contribution in [0.3, 0.4) is 0 Å². The Morgan fingerprint density at radius 2 is 0.910 bits per heavy atom. The molecule has 5 nitrogen and oxygen atoms in total. The summed E-state index contributed by atoms with van der Waals surface area (Å²) in [5, 5.41) is 0. The normalized spacial score (nSPS) is 17.4. The van der Waals surface area contributed by atoms with Gasteiger partial charge >= 0.3 is 0 Å². The minimum Gasteiger partial charge on any atom is -0.299 e. The number of hydrogen-bond donors (Lipinski definition) is 0. The van der Waals surface area contributed by atoms with E-state index in [2.05, 4.69) is 201 Å². The Bertz CT molecular complexity index is 1510. The molecule has 5 heteroatoms. The Morgan fingerprint density at radius 1 is 0.522 bits per heavy atom. The first kappa shape index (κ1) is 65.0. The summed E-state index contributed by atoms with van der Waals surface area (Å²) >= 11 is 0. The fourth-order valence-corrected chi connectivity index (χ4v) is 8.83. The molecule has 67 heavy (non-hydrogen) atoms. The molecule has 0 bridgehead atoms. The van der Waals surface area contributed by atoms with Crippen molar-refractivity contribution in [1.29, 1.82) is 0 Å². The molecule has 5 rings (SSSR count). The average molecular weight is 934 g/mol. The van der Waals surface area contributed by atoms with E-state index in [4.69, 9.17) is 0 Å². The maximum atomic E-state index is 11.2. The molecule has 3 heterocycles. The van der Waals surface area contributed by atoms with Crippen molar-refractivity contribution in [3.8, 4) is 0 Å². The van der Waals surface area contributed by atoms with Crippen LogP contribution in [0.1, 0.15) is 238 Å². The first-order valence-electron chi connectivity index (χ1n) is 27.3. The van der Waals surface area contributed by atoms with Crippen LogP contribution >= 0.6 is 0 Å². The maximum absolute atomic E-state index is 11.2. The van der Waals surface area contributed by atoms with E-state index in [9.17, 15) is 4.79 Å². The molecule has 3 aliphatic heterocycles. The number of hydrogen-bond acceptors (Lipinski definition) is 5. The topological polar surface area (TPSA) is 30.0 Å². The van der Waals surface area contributed by atoms with Crippen LogP contribution in [0, 0.1) is 16.7 Å². The zero-order valence-electron chi connectivity index (χ0n) is 49.1. The summed E-state index contributed by atoms with van der Waals surface area (Å²) in [5.74, 6) is 1.09. The van der Waals surface area contributed by atoms with Crippen molar-refractivity contribution in [3.63, 3.8) is 0 Å². The molecule has 0 aliphatic carbocycles. The number of aryl methyl sites for hydroxylation is 1. The fourth-order valence-electron chi connectivity index (χ4n) is 8.83. The van der Waals surface area contributed by atoms with Gasteiger partial charge in [0.05, 0.1) is 0 Å². The summed E-state index contributed by atoms with van der Waals surface area (Å²) in [6.07, 6.45) is 16.2. The van der Waals surface area contributed by atoms with Gasteiger partial charge in [0.25, 0.3) is 0 Å². The maximum Gasteiger partial charge on any atom is 0.159 e. The Labute approximate surface area is 420 Å². The number of likely N-dealkylation sites (tertiary alicyclic amines) is 3. The van der Waals surface area contributed by atoms with Crippen molar-refractivity contribution in [1.82, 2.24) is 19.6 Å². The first-order chi connectivity index (χ1) is 30.7. The number of nitrogens with zero attached hydrogens (tertiary/aromatic N) is 4. The molecule has 0 amide bonds. The summed E-state index contributed by atoms with van der Waals surface area (Å²) in [7, 11) is 0. The van der Waals surface area contributed by atoms with Crippen LogP contribution in [-0.4, -0.2) is 99.9 Å². The molecule has 0 spiro atoms. The summed E-state index contributed by atoms with van der Waals surface area (Å²) in [4.78, 5) is 21.4. The molecule has 0 saturated carbocycles. The van der Waals surface area contributed by atoms with Crippen LogP contribution in [0.15, 0.2) is 54.6 Å². The summed E-state index contributed by atoms with van der Waals surface area (Å²) in [6.45, 7) is 59.5. The predicted molar refractivity (Wildman–Crippen MR) is 301 cm³/mol. The van der Waals surface area contributed by atoms with Crippen LogP contribution < -0.4 is 0 Å². The van der Waals surface area contributed by atoms with Crippen molar-refractivity contribution in [3.05, 3.63) is 71.3 Å². The molecule has 2 aromatic carbocycles. The van der Waals surface area contributed by atoms with Gasteiger partial charge in [0.2, 0.25) is 0 Å². The number of carbonyl (C=O) groups is 1. The summed E-state index contributed by atoms with van der Waals surface area (Å²) in [5.41, 5.74) is 5.77. The van der Waals surface area contributed by atoms with Crippen molar-refractivity contribution < 1.29 is 4.79 Å². The molecule has 3 saturated heterocycles. The molecule has 0 N–H and O–H groups in total. The lowest BCUT2D eigenvalue weighted by molar-refractivity contribution is 0.0916. The monoisotopic (exact) mass is 933 g/mol. The fraction of sp³-hybridized carbons (Fsp3) is 0.790. The van der Waals surface area contributed by atoms with Gasteiger partial charge < -0.3 is 0 Å².